The highest BCUT2D eigenvalue weighted by molar-refractivity contribution is 9.10. The van der Waals surface area contributed by atoms with Crippen LogP contribution in [-0.2, 0) is 17.8 Å². The lowest BCUT2D eigenvalue weighted by molar-refractivity contribution is 0.185. The summed E-state index contributed by atoms with van der Waals surface area (Å²) in [5, 5.41) is 7.75. The Morgan fingerprint density at radius 2 is 2.19 bits per heavy atom. The second kappa shape index (κ2) is 8.17. The fourth-order valence-electron chi connectivity index (χ4n) is 1.89. The van der Waals surface area contributed by atoms with E-state index in [-0.39, 0.29) is 6.03 Å². The minimum atomic E-state index is -0.206. The van der Waals surface area contributed by atoms with E-state index in [9.17, 15) is 4.79 Å². The van der Waals surface area contributed by atoms with Crippen LogP contribution in [0.4, 0.5) is 10.5 Å². The van der Waals surface area contributed by atoms with Gasteiger partial charge in [0.2, 0.25) is 0 Å². The molecule has 2 amide bonds. The molecule has 1 heterocycles. The average molecular weight is 369 g/mol. The summed E-state index contributed by atoms with van der Waals surface area (Å²) in [5.41, 5.74) is 1.67. The molecule has 2 aromatic rings. The molecule has 0 aliphatic carbocycles. The van der Waals surface area contributed by atoms with Crippen molar-refractivity contribution in [1.82, 2.24) is 5.32 Å². The lowest BCUT2D eigenvalue weighted by atomic mass is 10.2. The van der Waals surface area contributed by atoms with E-state index in [0.717, 1.165) is 22.1 Å². The van der Waals surface area contributed by atoms with Crippen molar-refractivity contribution in [2.45, 2.75) is 13.0 Å². The van der Waals surface area contributed by atoms with Crippen LogP contribution in [-0.4, -0.2) is 19.7 Å². The third-order valence-electron chi connectivity index (χ3n) is 2.89. The minimum absolute atomic E-state index is 0.206. The standard InChI is InChI=1S/C15H17BrN2O2S/c1-20-10-12-13(16)5-2-6-14(12)18-15(19)17-8-7-11-4-3-9-21-11/h2-6,9H,7-8,10H2,1H3,(H2,17,18,19). The van der Waals surface area contributed by atoms with Crippen molar-refractivity contribution in [1.29, 1.82) is 0 Å². The van der Waals surface area contributed by atoms with Gasteiger partial charge in [0.25, 0.3) is 0 Å². The zero-order chi connectivity index (χ0) is 15.1. The molecule has 0 spiro atoms. The minimum Gasteiger partial charge on any atom is -0.380 e. The van der Waals surface area contributed by atoms with E-state index in [0.29, 0.717) is 13.2 Å². The maximum absolute atomic E-state index is 11.9. The fourth-order valence-corrected chi connectivity index (χ4v) is 3.08. The summed E-state index contributed by atoms with van der Waals surface area (Å²) in [4.78, 5) is 13.2. The summed E-state index contributed by atoms with van der Waals surface area (Å²) in [6.07, 6.45) is 0.842. The fraction of sp³-hybridized carbons (Fsp3) is 0.267. The van der Waals surface area contributed by atoms with Gasteiger partial charge in [-0.05, 0) is 30.0 Å². The van der Waals surface area contributed by atoms with Crippen LogP contribution in [0.15, 0.2) is 40.2 Å². The van der Waals surface area contributed by atoms with Crippen LogP contribution in [0.3, 0.4) is 0 Å². The van der Waals surface area contributed by atoms with E-state index in [1.165, 1.54) is 4.88 Å². The van der Waals surface area contributed by atoms with Crippen molar-refractivity contribution in [3.05, 3.63) is 50.6 Å². The van der Waals surface area contributed by atoms with Gasteiger partial charge in [-0.1, -0.05) is 28.1 Å². The number of hydrogen-bond acceptors (Lipinski definition) is 3. The molecule has 0 atom stereocenters. The number of amides is 2. The first-order chi connectivity index (χ1) is 10.2. The van der Waals surface area contributed by atoms with Crippen molar-refractivity contribution in [3.63, 3.8) is 0 Å². The van der Waals surface area contributed by atoms with E-state index in [2.05, 4.69) is 32.6 Å². The molecule has 2 rings (SSSR count). The monoisotopic (exact) mass is 368 g/mol. The second-order valence-corrected chi connectivity index (χ2v) is 6.30. The van der Waals surface area contributed by atoms with Crippen LogP contribution in [0.1, 0.15) is 10.4 Å². The Labute approximate surface area is 136 Å². The van der Waals surface area contributed by atoms with Crippen LogP contribution in [0.5, 0.6) is 0 Å². The van der Waals surface area contributed by atoms with Gasteiger partial charge < -0.3 is 15.4 Å². The highest BCUT2D eigenvalue weighted by atomic mass is 79.9. The Morgan fingerprint density at radius 1 is 1.33 bits per heavy atom. The summed E-state index contributed by atoms with van der Waals surface area (Å²) in [6, 6.07) is 9.53. The van der Waals surface area contributed by atoms with Gasteiger partial charge in [0, 0.05) is 34.3 Å². The molecule has 4 nitrogen and oxygen atoms in total. The topological polar surface area (TPSA) is 50.4 Å². The molecule has 21 heavy (non-hydrogen) atoms. The summed E-state index contributed by atoms with van der Waals surface area (Å²) in [6.45, 7) is 1.05. The molecule has 2 N–H and O–H groups in total. The first-order valence-electron chi connectivity index (χ1n) is 6.54. The molecule has 0 saturated carbocycles. The van der Waals surface area contributed by atoms with Crippen molar-refractivity contribution in [2.75, 3.05) is 19.0 Å². The summed E-state index contributed by atoms with van der Waals surface area (Å²) in [7, 11) is 1.63. The number of rotatable bonds is 6. The quantitative estimate of drug-likeness (QED) is 0.808. The lowest BCUT2D eigenvalue weighted by Gasteiger charge is -2.13. The Balaban J connectivity index is 1.88. The number of nitrogens with one attached hydrogen (secondary N) is 2. The Kier molecular flexibility index (Phi) is 6.22. The largest absolute Gasteiger partial charge is 0.380 e. The number of ether oxygens (including phenoxy) is 1. The Bertz CT molecular complexity index is 587. The molecule has 0 bridgehead atoms. The van der Waals surface area contributed by atoms with Gasteiger partial charge in [0.05, 0.1) is 6.61 Å². The average Bonchev–Trinajstić information content (AvgIpc) is 2.96. The molecular formula is C15H17BrN2O2S. The highest BCUT2D eigenvalue weighted by Gasteiger charge is 2.09. The zero-order valence-corrected chi connectivity index (χ0v) is 14.1. The summed E-state index contributed by atoms with van der Waals surface area (Å²) < 4.78 is 6.08. The van der Waals surface area contributed by atoms with Gasteiger partial charge in [-0.2, -0.15) is 0 Å². The number of thiophene rings is 1. The number of carbonyl (C=O) groups is 1. The van der Waals surface area contributed by atoms with Gasteiger partial charge in [0.1, 0.15) is 0 Å². The van der Waals surface area contributed by atoms with Crippen LogP contribution in [0, 0.1) is 0 Å². The smallest absolute Gasteiger partial charge is 0.319 e. The van der Waals surface area contributed by atoms with E-state index in [1.54, 1.807) is 18.4 Å². The molecule has 112 valence electrons. The van der Waals surface area contributed by atoms with Crippen molar-refractivity contribution < 1.29 is 9.53 Å². The second-order valence-electron chi connectivity index (χ2n) is 4.41. The maximum Gasteiger partial charge on any atom is 0.319 e. The molecule has 0 aliphatic rings. The third kappa shape index (κ3) is 4.84. The van der Waals surface area contributed by atoms with E-state index < -0.39 is 0 Å². The van der Waals surface area contributed by atoms with Gasteiger partial charge in [-0.15, -0.1) is 11.3 Å². The van der Waals surface area contributed by atoms with E-state index >= 15 is 0 Å². The van der Waals surface area contributed by atoms with Gasteiger partial charge in [-0.3, -0.25) is 0 Å². The van der Waals surface area contributed by atoms with E-state index in [1.807, 2.05) is 29.6 Å². The van der Waals surface area contributed by atoms with Crippen LogP contribution in [0.25, 0.3) is 0 Å². The van der Waals surface area contributed by atoms with Crippen LogP contribution < -0.4 is 10.6 Å². The van der Waals surface area contributed by atoms with Crippen LogP contribution >= 0.6 is 27.3 Å². The number of benzene rings is 1. The number of methoxy groups -OCH3 is 1. The molecule has 1 aromatic carbocycles. The summed E-state index contributed by atoms with van der Waals surface area (Å²) >= 11 is 5.16. The highest BCUT2D eigenvalue weighted by Crippen LogP contribution is 2.25. The lowest BCUT2D eigenvalue weighted by Crippen LogP contribution is -2.30. The SMILES string of the molecule is COCc1c(Br)cccc1NC(=O)NCCc1cccs1. The first-order valence-corrected chi connectivity index (χ1v) is 8.21. The molecule has 0 saturated heterocycles. The normalized spacial score (nSPS) is 10.4. The number of anilines is 1. The number of carbonyl (C=O) groups excluding carboxylic acids is 1. The Hall–Kier alpha value is -1.37. The number of hydrogen-bond donors (Lipinski definition) is 2. The molecular weight excluding hydrogens is 352 g/mol. The molecule has 0 fully saturated rings. The predicted molar refractivity (Wildman–Crippen MR) is 89.9 cm³/mol. The van der Waals surface area contributed by atoms with E-state index in [4.69, 9.17) is 4.74 Å². The van der Waals surface area contributed by atoms with Crippen molar-refractivity contribution in [3.8, 4) is 0 Å². The molecule has 1 aromatic heterocycles. The number of halogens is 1. The summed E-state index contributed by atoms with van der Waals surface area (Å²) in [5.74, 6) is 0. The number of urea groups is 1. The predicted octanol–water partition coefficient (Wildman–Crippen LogP) is 4.02. The Morgan fingerprint density at radius 3 is 2.90 bits per heavy atom. The first kappa shape index (κ1) is 16.0. The van der Waals surface area contributed by atoms with Gasteiger partial charge in [-0.25, -0.2) is 4.79 Å². The maximum atomic E-state index is 11.9. The van der Waals surface area contributed by atoms with Crippen LogP contribution in [0.2, 0.25) is 0 Å². The van der Waals surface area contributed by atoms with Gasteiger partial charge >= 0.3 is 6.03 Å². The molecule has 0 aliphatic heterocycles. The van der Waals surface area contributed by atoms with Gasteiger partial charge in [0.15, 0.2) is 0 Å². The zero-order valence-electron chi connectivity index (χ0n) is 11.7. The van der Waals surface area contributed by atoms with Crippen molar-refractivity contribution >= 4 is 39.0 Å². The molecule has 0 radical (unpaired) electrons. The molecule has 0 unspecified atom stereocenters. The third-order valence-corrected chi connectivity index (χ3v) is 4.57. The van der Waals surface area contributed by atoms with Crippen molar-refractivity contribution in [2.24, 2.45) is 0 Å². The molecule has 6 heteroatoms.